The van der Waals surface area contributed by atoms with Crippen molar-refractivity contribution < 1.29 is 13.2 Å². The van der Waals surface area contributed by atoms with Crippen molar-refractivity contribution in [2.45, 2.75) is 63.3 Å². The second kappa shape index (κ2) is 9.39. The van der Waals surface area contributed by atoms with E-state index >= 15 is 0 Å². The van der Waals surface area contributed by atoms with Gasteiger partial charge in [-0.2, -0.15) is 0 Å². The average molecular weight is 395 g/mol. The molecule has 0 spiro atoms. The summed E-state index contributed by atoms with van der Waals surface area (Å²) in [5.74, 6) is 1.59. The molecule has 1 aromatic rings. The van der Waals surface area contributed by atoms with Crippen LogP contribution >= 0.6 is 0 Å². The maximum atomic E-state index is 12.6. The van der Waals surface area contributed by atoms with E-state index in [0.29, 0.717) is 35.6 Å². The van der Waals surface area contributed by atoms with Crippen molar-refractivity contribution in [2.75, 3.05) is 26.2 Å². The highest BCUT2D eigenvalue weighted by Gasteiger charge is 2.27. The minimum atomic E-state index is -3.46. The normalized spacial score (nSPS) is 20.4. The third kappa shape index (κ3) is 5.93. The van der Waals surface area contributed by atoms with Crippen molar-refractivity contribution in [1.82, 2.24) is 9.62 Å². The second-order valence-corrected chi connectivity index (χ2v) is 10.2. The topological polar surface area (TPSA) is 58.6 Å². The summed E-state index contributed by atoms with van der Waals surface area (Å²) >= 11 is 0. The molecule has 3 rings (SSSR count). The summed E-state index contributed by atoms with van der Waals surface area (Å²) in [6, 6.07) is 7.49. The Morgan fingerprint density at radius 1 is 1.07 bits per heavy atom. The van der Waals surface area contributed by atoms with Gasteiger partial charge in [-0.05, 0) is 74.9 Å². The fraction of sp³-hybridized carbons (Fsp3) is 0.714. The fourth-order valence-electron chi connectivity index (χ4n) is 4.08. The highest BCUT2D eigenvalue weighted by Crippen LogP contribution is 2.28. The Morgan fingerprint density at radius 2 is 1.70 bits per heavy atom. The number of ether oxygens (including phenoxy) is 1. The minimum absolute atomic E-state index is 0.308. The van der Waals surface area contributed by atoms with E-state index in [-0.39, 0.29) is 0 Å². The predicted octanol–water partition coefficient (Wildman–Crippen LogP) is 3.65. The van der Waals surface area contributed by atoms with E-state index in [1.54, 1.807) is 24.3 Å². The van der Waals surface area contributed by atoms with E-state index in [1.807, 2.05) is 0 Å². The zero-order chi connectivity index (χ0) is 19.3. The number of nitrogens with one attached hydrogen (secondary N) is 1. The zero-order valence-electron chi connectivity index (χ0n) is 16.7. The Hall–Kier alpha value is -1.11. The summed E-state index contributed by atoms with van der Waals surface area (Å²) in [5.41, 5.74) is 0. The molecule has 0 amide bonds. The van der Waals surface area contributed by atoms with Crippen LogP contribution in [0, 0.1) is 11.8 Å². The van der Waals surface area contributed by atoms with Gasteiger partial charge in [0.05, 0.1) is 11.5 Å². The van der Waals surface area contributed by atoms with Gasteiger partial charge in [-0.1, -0.05) is 26.7 Å². The van der Waals surface area contributed by atoms with Crippen LogP contribution in [-0.4, -0.2) is 45.6 Å². The van der Waals surface area contributed by atoms with Crippen LogP contribution in [0.1, 0.15) is 52.4 Å². The molecule has 1 N–H and O–H groups in total. The molecule has 5 nitrogen and oxygen atoms in total. The Morgan fingerprint density at radius 3 is 2.30 bits per heavy atom. The molecule has 0 atom stereocenters. The Bertz CT molecular complexity index is 674. The van der Waals surface area contributed by atoms with Crippen LogP contribution in [0.4, 0.5) is 0 Å². The van der Waals surface area contributed by atoms with E-state index in [0.717, 1.165) is 32.0 Å². The van der Waals surface area contributed by atoms with Crippen molar-refractivity contribution in [3.63, 3.8) is 0 Å². The summed E-state index contributed by atoms with van der Waals surface area (Å²) in [7, 11) is -3.46. The molecule has 1 saturated heterocycles. The number of hydrogen-bond acceptors (Lipinski definition) is 4. The molecule has 0 radical (unpaired) electrons. The van der Waals surface area contributed by atoms with Gasteiger partial charge in [0.25, 0.3) is 0 Å². The van der Waals surface area contributed by atoms with Crippen LogP contribution in [0.15, 0.2) is 29.2 Å². The van der Waals surface area contributed by atoms with Gasteiger partial charge in [0.1, 0.15) is 5.75 Å². The van der Waals surface area contributed by atoms with Crippen molar-refractivity contribution >= 4 is 10.0 Å². The van der Waals surface area contributed by atoms with E-state index < -0.39 is 10.0 Å². The lowest BCUT2D eigenvalue weighted by molar-refractivity contribution is 0.135. The third-order valence-electron chi connectivity index (χ3n) is 5.77. The molecule has 1 aliphatic heterocycles. The summed E-state index contributed by atoms with van der Waals surface area (Å²) in [6.07, 6.45) is 7.59. The molecule has 152 valence electrons. The molecule has 1 heterocycles. The van der Waals surface area contributed by atoms with Crippen molar-refractivity contribution in [2.24, 2.45) is 11.8 Å². The first-order valence-electron chi connectivity index (χ1n) is 10.4. The summed E-state index contributed by atoms with van der Waals surface area (Å²) in [6.45, 7) is 7.55. The first-order valence-corrected chi connectivity index (χ1v) is 11.9. The van der Waals surface area contributed by atoms with Gasteiger partial charge in [0.15, 0.2) is 0 Å². The predicted molar refractivity (Wildman–Crippen MR) is 109 cm³/mol. The maximum Gasteiger partial charge on any atom is 0.240 e. The third-order valence-corrected chi connectivity index (χ3v) is 7.21. The molecular weight excluding hydrogens is 360 g/mol. The van der Waals surface area contributed by atoms with Crippen LogP contribution in [0.25, 0.3) is 0 Å². The number of piperidine rings is 1. The number of rotatable bonds is 8. The first kappa shape index (κ1) is 20.6. The molecule has 27 heavy (non-hydrogen) atoms. The average Bonchev–Trinajstić information content (AvgIpc) is 3.20. The SMILES string of the molecule is CC(C)COc1ccc(S(=O)(=O)NCC2CCN(C3CCCC3)CC2)cc1. The van der Waals surface area contributed by atoms with E-state index in [9.17, 15) is 8.42 Å². The summed E-state index contributed by atoms with van der Waals surface area (Å²) in [5, 5.41) is 0. The summed E-state index contributed by atoms with van der Waals surface area (Å²) < 4.78 is 33.6. The van der Waals surface area contributed by atoms with Crippen LogP contribution in [-0.2, 0) is 10.0 Å². The molecule has 2 fully saturated rings. The molecule has 6 heteroatoms. The van der Waals surface area contributed by atoms with Gasteiger partial charge in [-0.25, -0.2) is 13.1 Å². The lowest BCUT2D eigenvalue weighted by Crippen LogP contribution is -2.42. The summed E-state index contributed by atoms with van der Waals surface area (Å²) in [4.78, 5) is 2.93. The molecule has 1 aromatic carbocycles. The largest absolute Gasteiger partial charge is 0.493 e. The van der Waals surface area contributed by atoms with Crippen LogP contribution in [0.5, 0.6) is 5.75 Å². The van der Waals surface area contributed by atoms with E-state index in [4.69, 9.17) is 4.74 Å². The Kier molecular flexibility index (Phi) is 7.17. The standard InChI is InChI=1S/C21H34N2O3S/c1-17(2)16-26-20-7-9-21(10-8-20)27(24,25)22-15-18-11-13-23(14-12-18)19-5-3-4-6-19/h7-10,17-19,22H,3-6,11-16H2,1-2H3. The van der Waals surface area contributed by atoms with Crippen molar-refractivity contribution in [3.05, 3.63) is 24.3 Å². The molecule has 0 aromatic heterocycles. The monoisotopic (exact) mass is 394 g/mol. The zero-order valence-corrected chi connectivity index (χ0v) is 17.5. The molecule has 1 saturated carbocycles. The van der Waals surface area contributed by atoms with Gasteiger partial charge in [0, 0.05) is 12.6 Å². The highest BCUT2D eigenvalue weighted by atomic mass is 32.2. The Balaban J connectivity index is 1.45. The number of sulfonamides is 1. The van der Waals surface area contributed by atoms with Crippen LogP contribution in [0.3, 0.4) is 0 Å². The van der Waals surface area contributed by atoms with Gasteiger partial charge >= 0.3 is 0 Å². The molecular formula is C21H34N2O3S. The lowest BCUT2D eigenvalue weighted by Gasteiger charge is -2.36. The molecule has 1 aliphatic carbocycles. The van der Waals surface area contributed by atoms with Crippen molar-refractivity contribution in [3.8, 4) is 5.75 Å². The van der Waals surface area contributed by atoms with E-state index in [1.165, 1.54) is 25.7 Å². The maximum absolute atomic E-state index is 12.6. The lowest BCUT2D eigenvalue weighted by atomic mass is 9.96. The highest BCUT2D eigenvalue weighted by molar-refractivity contribution is 7.89. The Labute approximate surface area is 164 Å². The van der Waals surface area contributed by atoms with Crippen LogP contribution in [0.2, 0.25) is 0 Å². The minimum Gasteiger partial charge on any atom is -0.493 e. The number of nitrogens with zero attached hydrogens (tertiary/aromatic N) is 1. The van der Waals surface area contributed by atoms with Crippen LogP contribution < -0.4 is 9.46 Å². The first-order chi connectivity index (χ1) is 12.9. The smallest absolute Gasteiger partial charge is 0.240 e. The van der Waals surface area contributed by atoms with E-state index in [2.05, 4.69) is 23.5 Å². The van der Waals surface area contributed by atoms with Gasteiger partial charge in [-0.15, -0.1) is 0 Å². The van der Waals surface area contributed by atoms with Gasteiger partial charge in [0.2, 0.25) is 10.0 Å². The van der Waals surface area contributed by atoms with Gasteiger partial charge in [-0.3, -0.25) is 0 Å². The second-order valence-electron chi connectivity index (χ2n) is 8.45. The quantitative estimate of drug-likeness (QED) is 0.731. The fourth-order valence-corrected chi connectivity index (χ4v) is 5.20. The van der Waals surface area contributed by atoms with Gasteiger partial charge < -0.3 is 9.64 Å². The number of hydrogen-bond donors (Lipinski definition) is 1. The van der Waals surface area contributed by atoms with Crippen molar-refractivity contribution in [1.29, 1.82) is 0 Å². The molecule has 0 bridgehead atoms. The molecule has 0 unspecified atom stereocenters. The molecule has 2 aliphatic rings. The number of likely N-dealkylation sites (tertiary alicyclic amines) is 1. The number of benzene rings is 1.